The quantitative estimate of drug-likeness (QED) is 0.426. The first-order valence-corrected chi connectivity index (χ1v) is 11.2. The molecule has 2 aromatic heterocycles. The summed E-state index contributed by atoms with van der Waals surface area (Å²) in [6.45, 7) is 1.49. The Hall–Kier alpha value is -3.04. The van der Waals surface area contributed by atoms with Gasteiger partial charge in [-0.15, -0.1) is 5.10 Å². The van der Waals surface area contributed by atoms with Gasteiger partial charge in [0.15, 0.2) is 5.82 Å². The van der Waals surface area contributed by atoms with Crippen LogP contribution in [0.3, 0.4) is 0 Å². The molecule has 1 unspecified atom stereocenters. The van der Waals surface area contributed by atoms with Crippen LogP contribution in [0.1, 0.15) is 28.8 Å². The van der Waals surface area contributed by atoms with Gasteiger partial charge in [0, 0.05) is 18.8 Å². The number of hydrogen-bond acceptors (Lipinski definition) is 5. The van der Waals surface area contributed by atoms with Gasteiger partial charge in [-0.25, -0.2) is 13.8 Å². The molecular formula is C21H17BrClF3N6O2. The fourth-order valence-electron chi connectivity index (χ4n) is 3.33. The zero-order valence-electron chi connectivity index (χ0n) is 17.8. The van der Waals surface area contributed by atoms with Gasteiger partial charge >= 0.3 is 6.11 Å². The molecular weight excluding hydrogens is 541 g/mol. The van der Waals surface area contributed by atoms with Crippen molar-refractivity contribution in [1.29, 1.82) is 5.26 Å². The Morgan fingerprint density at radius 3 is 2.74 bits per heavy atom. The van der Waals surface area contributed by atoms with Crippen molar-refractivity contribution in [3.05, 3.63) is 46.7 Å². The van der Waals surface area contributed by atoms with Crippen LogP contribution in [0.5, 0.6) is 5.88 Å². The third-order valence-corrected chi connectivity index (χ3v) is 6.21. The van der Waals surface area contributed by atoms with Crippen LogP contribution in [0.25, 0.3) is 16.9 Å². The summed E-state index contributed by atoms with van der Waals surface area (Å²) in [6, 6.07) is 6.93. The van der Waals surface area contributed by atoms with Crippen molar-refractivity contribution < 1.29 is 22.7 Å². The van der Waals surface area contributed by atoms with Crippen molar-refractivity contribution in [3.63, 3.8) is 0 Å². The van der Waals surface area contributed by atoms with Crippen molar-refractivity contribution in [2.24, 2.45) is 7.05 Å². The van der Waals surface area contributed by atoms with Crippen LogP contribution in [-0.2, 0) is 7.05 Å². The number of aryl methyl sites for hydroxylation is 1. The van der Waals surface area contributed by atoms with Crippen LogP contribution < -0.4 is 10.1 Å². The summed E-state index contributed by atoms with van der Waals surface area (Å²) in [6.07, 6.45) is 0.180. The molecule has 0 aliphatic heterocycles. The van der Waals surface area contributed by atoms with Crippen LogP contribution in [0, 0.1) is 18.3 Å². The maximum Gasteiger partial charge on any atom is 0.441 e. The molecule has 2 heterocycles. The smallest absolute Gasteiger partial charge is 0.410 e. The zero-order valence-corrected chi connectivity index (χ0v) is 20.2. The van der Waals surface area contributed by atoms with Gasteiger partial charge < -0.3 is 10.1 Å². The molecule has 1 atom stereocenters. The maximum atomic E-state index is 13.7. The highest BCUT2D eigenvalue weighted by Gasteiger charge is 2.45. The SMILES string of the molecule is Cc1c(OC(F)(F)C(F)Br)nn(C)c1-n1cc(-c2ccc(Cl)c(C(=O)NC3(C#N)CC3)c2)cn1. The van der Waals surface area contributed by atoms with E-state index in [0.717, 1.165) is 0 Å². The van der Waals surface area contributed by atoms with E-state index in [2.05, 4.69) is 42.3 Å². The van der Waals surface area contributed by atoms with Gasteiger partial charge in [-0.3, -0.25) is 4.79 Å². The Labute approximate surface area is 205 Å². The number of benzene rings is 1. The fourth-order valence-corrected chi connectivity index (χ4v) is 3.63. The number of aromatic nitrogens is 4. The lowest BCUT2D eigenvalue weighted by Crippen LogP contribution is -2.35. The molecule has 8 nitrogen and oxygen atoms in total. The second kappa shape index (κ2) is 8.63. The predicted octanol–water partition coefficient (Wildman–Crippen LogP) is 4.68. The molecule has 0 bridgehead atoms. The van der Waals surface area contributed by atoms with E-state index in [-0.39, 0.29) is 16.1 Å². The van der Waals surface area contributed by atoms with E-state index in [1.54, 1.807) is 24.4 Å². The molecule has 0 spiro atoms. The van der Waals surface area contributed by atoms with Gasteiger partial charge in [-0.1, -0.05) is 17.7 Å². The lowest BCUT2D eigenvalue weighted by Gasteiger charge is -2.16. The van der Waals surface area contributed by atoms with Crippen molar-refractivity contribution in [2.75, 3.05) is 0 Å². The predicted molar refractivity (Wildman–Crippen MR) is 120 cm³/mol. The summed E-state index contributed by atoms with van der Waals surface area (Å²) in [4.78, 5) is 12.7. The number of nitrogens with one attached hydrogen (secondary N) is 1. The van der Waals surface area contributed by atoms with Gasteiger partial charge in [-0.2, -0.15) is 19.1 Å². The number of nitriles is 1. The highest BCUT2D eigenvalue weighted by Crippen LogP contribution is 2.36. The average molecular weight is 558 g/mol. The summed E-state index contributed by atoms with van der Waals surface area (Å²) in [5.74, 6) is -0.585. The highest BCUT2D eigenvalue weighted by atomic mass is 79.9. The molecule has 1 aliphatic carbocycles. The van der Waals surface area contributed by atoms with E-state index in [0.29, 0.717) is 29.8 Å². The van der Waals surface area contributed by atoms with E-state index in [4.69, 9.17) is 11.6 Å². The van der Waals surface area contributed by atoms with Crippen molar-refractivity contribution in [1.82, 2.24) is 24.9 Å². The van der Waals surface area contributed by atoms with Gasteiger partial charge in [0.05, 0.1) is 28.4 Å². The molecule has 1 saturated carbocycles. The lowest BCUT2D eigenvalue weighted by atomic mass is 10.1. The number of carbonyl (C=O) groups excluding carboxylic acids is 1. The number of halogens is 5. The Kier molecular flexibility index (Phi) is 6.12. The second-order valence-electron chi connectivity index (χ2n) is 7.86. The maximum absolute atomic E-state index is 13.7. The normalized spacial score (nSPS) is 15.5. The third kappa shape index (κ3) is 4.50. The topological polar surface area (TPSA) is 97.8 Å². The Morgan fingerprint density at radius 2 is 2.12 bits per heavy atom. The number of alkyl halides is 4. The minimum Gasteiger partial charge on any atom is -0.410 e. The summed E-state index contributed by atoms with van der Waals surface area (Å²) in [5, 5.41) is 17.6. The van der Waals surface area contributed by atoms with E-state index in [9.17, 15) is 23.2 Å². The molecule has 178 valence electrons. The van der Waals surface area contributed by atoms with Crippen LogP contribution in [0.2, 0.25) is 5.02 Å². The first-order valence-electron chi connectivity index (χ1n) is 9.93. The van der Waals surface area contributed by atoms with E-state index in [1.807, 2.05) is 0 Å². The zero-order chi connectivity index (χ0) is 24.8. The van der Waals surface area contributed by atoms with Crippen molar-refractivity contribution >= 4 is 33.4 Å². The third-order valence-electron chi connectivity index (χ3n) is 5.35. The lowest BCUT2D eigenvalue weighted by molar-refractivity contribution is -0.197. The summed E-state index contributed by atoms with van der Waals surface area (Å²) < 4.78 is 47.6. The molecule has 0 saturated heterocycles. The number of amides is 1. The van der Waals surface area contributed by atoms with Crippen molar-refractivity contribution in [2.45, 2.75) is 36.5 Å². The highest BCUT2D eigenvalue weighted by molar-refractivity contribution is 9.09. The molecule has 0 radical (unpaired) electrons. The molecule has 3 aromatic rings. The van der Waals surface area contributed by atoms with E-state index < -0.39 is 28.5 Å². The van der Waals surface area contributed by atoms with Gasteiger partial charge in [-0.05, 0) is 53.4 Å². The largest absolute Gasteiger partial charge is 0.441 e. The first-order chi connectivity index (χ1) is 16.0. The summed E-state index contributed by atoms with van der Waals surface area (Å²) in [5.41, 5.74) is 0.798. The fraction of sp³-hybridized carbons (Fsp3) is 0.333. The van der Waals surface area contributed by atoms with Crippen LogP contribution in [0.4, 0.5) is 13.2 Å². The Bertz CT molecular complexity index is 1310. The second-order valence-corrected chi connectivity index (χ2v) is 9.07. The molecule has 4 rings (SSSR count). The number of nitrogens with zero attached hydrogens (tertiary/aromatic N) is 5. The van der Waals surface area contributed by atoms with Gasteiger partial charge in [0.2, 0.25) is 5.88 Å². The number of hydrogen-bond donors (Lipinski definition) is 1. The Morgan fingerprint density at radius 1 is 1.41 bits per heavy atom. The standard InChI is InChI=1S/C21H17BrClF3N6O2/c1-11-17(34-21(25,26)19(22)24)30-31(2)18(11)32-9-13(8-28-32)12-3-4-15(23)14(7-12)16(33)29-20(10-27)5-6-20/h3-4,7-9,19H,5-6H2,1-2H3,(H,29,33). The molecule has 1 aliphatic rings. The monoisotopic (exact) mass is 556 g/mol. The molecule has 34 heavy (non-hydrogen) atoms. The Balaban J connectivity index is 1.62. The van der Waals surface area contributed by atoms with Gasteiger partial charge in [0.25, 0.3) is 11.0 Å². The van der Waals surface area contributed by atoms with Crippen molar-refractivity contribution in [3.8, 4) is 28.9 Å². The number of ether oxygens (including phenoxy) is 1. The minimum absolute atomic E-state index is 0.207. The average Bonchev–Trinajstić information content (AvgIpc) is 3.28. The first kappa shape index (κ1) is 24.1. The molecule has 1 aromatic carbocycles. The summed E-state index contributed by atoms with van der Waals surface area (Å²) >= 11 is 8.38. The van der Waals surface area contributed by atoms with Crippen LogP contribution in [-0.4, -0.2) is 42.2 Å². The molecule has 1 amide bonds. The summed E-state index contributed by atoms with van der Waals surface area (Å²) in [7, 11) is 1.50. The van der Waals surface area contributed by atoms with E-state index in [1.165, 1.54) is 29.5 Å². The van der Waals surface area contributed by atoms with Crippen LogP contribution >= 0.6 is 27.5 Å². The van der Waals surface area contributed by atoms with Crippen LogP contribution in [0.15, 0.2) is 30.6 Å². The molecule has 1 N–H and O–H groups in total. The van der Waals surface area contributed by atoms with E-state index >= 15 is 0 Å². The minimum atomic E-state index is -4.11. The number of rotatable bonds is 7. The molecule has 1 fully saturated rings. The van der Waals surface area contributed by atoms with Gasteiger partial charge in [0.1, 0.15) is 5.54 Å². The number of carbonyl (C=O) groups is 1. The molecule has 13 heteroatoms.